The van der Waals surface area contributed by atoms with Crippen LogP contribution >= 0.6 is 0 Å². The van der Waals surface area contributed by atoms with E-state index >= 15 is 0 Å². The summed E-state index contributed by atoms with van der Waals surface area (Å²) in [5, 5.41) is 18.3. The molecule has 1 aliphatic heterocycles. The van der Waals surface area contributed by atoms with E-state index in [1.54, 1.807) is 12.4 Å². The van der Waals surface area contributed by atoms with E-state index in [1.165, 1.54) is 0 Å². The molecule has 2 N–H and O–H groups in total. The summed E-state index contributed by atoms with van der Waals surface area (Å²) in [4.78, 5) is 21.2. The van der Waals surface area contributed by atoms with Gasteiger partial charge in [-0.2, -0.15) is 0 Å². The fourth-order valence-corrected chi connectivity index (χ4v) is 2.77. The van der Waals surface area contributed by atoms with E-state index in [1.807, 2.05) is 12.1 Å². The van der Waals surface area contributed by atoms with Crippen LogP contribution in [0.3, 0.4) is 0 Å². The molecule has 8 heteroatoms. The van der Waals surface area contributed by atoms with Gasteiger partial charge in [0.05, 0.1) is 0 Å². The lowest BCUT2D eigenvalue weighted by Gasteiger charge is -2.41. The van der Waals surface area contributed by atoms with Crippen LogP contribution in [0.15, 0.2) is 24.5 Å². The summed E-state index contributed by atoms with van der Waals surface area (Å²) in [5.74, 6) is 2.52. The number of anilines is 2. The van der Waals surface area contributed by atoms with Crippen molar-refractivity contribution >= 4 is 11.6 Å². The Kier molecular flexibility index (Phi) is 4.63. The van der Waals surface area contributed by atoms with E-state index in [2.05, 4.69) is 36.7 Å². The van der Waals surface area contributed by atoms with Crippen LogP contribution in [0.5, 0.6) is 0 Å². The van der Waals surface area contributed by atoms with Crippen molar-refractivity contribution < 1.29 is 10.2 Å². The minimum absolute atomic E-state index is 0.159. The predicted molar refractivity (Wildman–Crippen MR) is 84.9 cm³/mol. The Morgan fingerprint density at radius 2 is 1.61 bits per heavy atom. The van der Waals surface area contributed by atoms with Gasteiger partial charge in [-0.3, -0.25) is 0 Å². The summed E-state index contributed by atoms with van der Waals surface area (Å²) >= 11 is 0. The maximum absolute atomic E-state index is 9.18. The molecule has 0 aromatic carbocycles. The quantitative estimate of drug-likeness (QED) is 0.811. The summed E-state index contributed by atoms with van der Waals surface area (Å²) < 4.78 is 0. The second-order valence-electron chi connectivity index (χ2n) is 5.47. The van der Waals surface area contributed by atoms with Gasteiger partial charge in [-0.05, 0) is 19.1 Å². The van der Waals surface area contributed by atoms with E-state index in [0.717, 1.165) is 31.3 Å². The van der Waals surface area contributed by atoms with E-state index in [0.29, 0.717) is 11.6 Å². The first-order valence-electron chi connectivity index (χ1n) is 7.58. The smallest absolute Gasteiger partial charge is 0.156 e. The Morgan fingerprint density at radius 3 is 2.22 bits per heavy atom. The van der Waals surface area contributed by atoms with Crippen LogP contribution in [0.2, 0.25) is 0 Å². The zero-order chi connectivity index (χ0) is 16.2. The van der Waals surface area contributed by atoms with Crippen LogP contribution in [-0.4, -0.2) is 55.8 Å². The molecule has 0 radical (unpaired) electrons. The molecule has 2 aromatic rings. The van der Waals surface area contributed by atoms with Crippen molar-refractivity contribution in [2.24, 2.45) is 0 Å². The van der Waals surface area contributed by atoms with Crippen molar-refractivity contribution in [1.82, 2.24) is 19.9 Å². The summed E-state index contributed by atoms with van der Waals surface area (Å²) in [7, 11) is 0. The van der Waals surface area contributed by atoms with Gasteiger partial charge in [0, 0.05) is 38.1 Å². The third kappa shape index (κ3) is 3.38. The average Bonchev–Trinajstić information content (AvgIpc) is 2.61. The molecule has 1 saturated heterocycles. The molecule has 1 fully saturated rings. The normalized spacial score (nSPS) is 18.3. The van der Waals surface area contributed by atoms with Crippen LogP contribution in [-0.2, 0) is 13.2 Å². The summed E-state index contributed by atoms with van der Waals surface area (Å²) in [5.41, 5.74) is 0. The molecular formula is C15H20N6O2. The van der Waals surface area contributed by atoms with Crippen molar-refractivity contribution in [3.63, 3.8) is 0 Å². The highest BCUT2D eigenvalue weighted by Gasteiger charge is 2.25. The van der Waals surface area contributed by atoms with E-state index in [9.17, 15) is 5.11 Å². The molecule has 23 heavy (non-hydrogen) atoms. The zero-order valence-corrected chi connectivity index (χ0v) is 13.0. The van der Waals surface area contributed by atoms with Crippen molar-refractivity contribution in [2.75, 3.05) is 29.4 Å². The van der Waals surface area contributed by atoms with Gasteiger partial charge in [0.2, 0.25) is 0 Å². The topological polar surface area (TPSA) is 98.5 Å². The predicted octanol–water partition coefficient (Wildman–Crippen LogP) is -0.0337. The van der Waals surface area contributed by atoms with Crippen molar-refractivity contribution in [3.05, 3.63) is 36.2 Å². The molecule has 0 bridgehead atoms. The Morgan fingerprint density at radius 1 is 1.00 bits per heavy atom. The number of aliphatic hydroxyl groups excluding tert-OH is 2. The average molecular weight is 316 g/mol. The number of aromatic nitrogens is 4. The molecule has 0 aliphatic carbocycles. The van der Waals surface area contributed by atoms with Crippen molar-refractivity contribution in [2.45, 2.75) is 26.2 Å². The van der Waals surface area contributed by atoms with Gasteiger partial charge in [-0.15, -0.1) is 0 Å². The van der Waals surface area contributed by atoms with Gasteiger partial charge in [-0.1, -0.05) is 0 Å². The number of hydrogen-bond donors (Lipinski definition) is 2. The van der Waals surface area contributed by atoms with Crippen molar-refractivity contribution in [3.8, 4) is 0 Å². The number of rotatable bonds is 4. The highest BCUT2D eigenvalue weighted by atomic mass is 16.3. The number of nitrogens with zero attached hydrogens (tertiary/aromatic N) is 6. The molecule has 0 spiro atoms. The molecule has 2 aromatic heterocycles. The fraction of sp³-hybridized carbons (Fsp3) is 0.467. The van der Waals surface area contributed by atoms with Gasteiger partial charge in [0.25, 0.3) is 0 Å². The molecule has 122 valence electrons. The number of hydrogen-bond acceptors (Lipinski definition) is 8. The second-order valence-corrected chi connectivity index (χ2v) is 5.47. The maximum atomic E-state index is 9.18. The van der Waals surface area contributed by atoms with Gasteiger partial charge in [0.15, 0.2) is 11.6 Å². The second kappa shape index (κ2) is 6.84. The largest absolute Gasteiger partial charge is 0.388 e. The molecule has 0 amide bonds. The fourth-order valence-electron chi connectivity index (χ4n) is 2.77. The SMILES string of the molecule is CC1CN(c2ccnc(CO)n2)CCN1c1ccnc(CO)n1. The lowest BCUT2D eigenvalue weighted by molar-refractivity contribution is 0.271. The first-order valence-corrected chi connectivity index (χ1v) is 7.58. The summed E-state index contributed by atoms with van der Waals surface area (Å²) in [6.45, 7) is 4.19. The summed E-state index contributed by atoms with van der Waals surface area (Å²) in [6, 6.07) is 3.95. The standard InChI is InChI=1S/C15H20N6O2/c1-11-8-20(14-2-4-16-12(9-22)18-14)6-7-21(11)15-3-5-17-13(10-23)19-15/h2-5,11,22-23H,6-10H2,1H3. The number of piperazine rings is 1. The van der Waals surface area contributed by atoms with E-state index in [4.69, 9.17) is 5.11 Å². The van der Waals surface area contributed by atoms with Crippen LogP contribution in [0.1, 0.15) is 18.6 Å². The minimum Gasteiger partial charge on any atom is -0.388 e. The molecular weight excluding hydrogens is 296 g/mol. The van der Waals surface area contributed by atoms with Crippen LogP contribution in [0.4, 0.5) is 11.6 Å². The lowest BCUT2D eigenvalue weighted by atomic mass is 10.2. The Balaban J connectivity index is 1.73. The van der Waals surface area contributed by atoms with E-state index < -0.39 is 0 Å². The van der Waals surface area contributed by atoms with Crippen molar-refractivity contribution in [1.29, 1.82) is 0 Å². The third-order valence-electron chi connectivity index (χ3n) is 3.91. The molecule has 3 rings (SSSR count). The molecule has 1 atom stereocenters. The van der Waals surface area contributed by atoms with Crippen LogP contribution in [0, 0.1) is 0 Å². The monoisotopic (exact) mass is 316 g/mol. The third-order valence-corrected chi connectivity index (χ3v) is 3.91. The summed E-state index contributed by atoms with van der Waals surface area (Å²) in [6.07, 6.45) is 3.34. The Bertz CT molecular complexity index is 668. The molecule has 8 nitrogen and oxygen atoms in total. The van der Waals surface area contributed by atoms with E-state index in [-0.39, 0.29) is 19.3 Å². The van der Waals surface area contributed by atoms with Gasteiger partial charge >= 0.3 is 0 Å². The molecule has 3 heterocycles. The molecule has 0 saturated carbocycles. The van der Waals surface area contributed by atoms with Crippen LogP contribution in [0.25, 0.3) is 0 Å². The van der Waals surface area contributed by atoms with Crippen LogP contribution < -0.4 is 9.80 Å². The highest BCUT2D eigenvalue weighted by Crippen LogP contribution is 2.21. The molecule has 1 unspecified atom stereocenters. The Labute approximate surface area is 134 Å². The number of aliphatic hydroxyl groups is 2. The van der Waals surface area contributed by atoms with Gasteiger partial charge < -0.3 is 20.0 Å². The first-order chi connectivity index (χ1) is 11.2. The Hall–Kier alpha value is -2.32. The minimum atomic E-state index is -0.160. The highest BCUT2D eigenvalue weighted by molar-refractivity contribution is 5.45. The lowest BCUT2D eigenvalue weighted by Crippen LogP contribution is -2.52. The zero-order valence-electron chi connectivity index (χ0n) is 13.0. The maximum Gasteiger partial charge on any atom is 0.156 e. The first kappa shape index (κ1) is 15.6. The molecule has 1 aliphatic rings. The van der Waals surface area contributed by atoms with Gasteiger partial charge in [0.1, 0.15) is 24.8 Å². The van der Waals surface area contributed by atoms with Gasteiger partial charge in [-0.25, -0.2) is 19.9 Å².